The van der Waals surface area contributed by atoms with Crippen molar-refractivity contribution < 1.29 is 19.5 Å². The van der Waals surface area contributed by atoms with Crippen LogP contribution >= 0.6 is 22.7 Å². The van der Waals surface area contributed by atoms with Crippen LogP contribution in [-0.2, 0) is 11.2 Å². The molecule has 0 atom stereocenters. The Morgan fingerprint density at radius 1 is 1.28 bits per heavy atom. The van der Waals surface area contributed by atoms with E-state index in [0.717, 1.165) is 10.4 Å². The van der Waals surface area contributed by atoms with Crippen LogP contribution in [0.3, 0.4) is 0 Å². The largest absolute Gasteiger partial charge is 0.478 e. The number of carbonyl (C=O) groups excluding carboxylic acids is 2. The summed E-state index contributed by atoms with van der Waals surface area (Å²) >= 11 is 2.73. The lowest BCUT2D eigenvalue weighted by Gasteiger charge is -2.06. The van der Waals surface area contributed by atoms with E-state index in [1.165, 1.54) is 22.7 Å². The van der Waals surface area contributed by atoms with Gasteiger partial charge in [-0.3, -0.25) is 9.59 Å². The minimum absolute atomic E-state index is 0.156. The van der Waals surface area contributed by atoms with E-state index >= 15 is 0 Å². The molecular formula is C17H20N2O4S2. The van der Waals surface area contributed by atoms with E-state index in [-0.39, 0.29) is 23.8 Å². The van der Waals surface area contributed by atoms with E-state index in [1.807, 2.05) is 19.2 Å². The number of carbonyl (C=O) groups is 3. The second kappa shape index (κ2) is 8.77. The fourth-order valence-electron chi connectivity index (χ4n) is 2.45. The number of carboxylic acids is 1. The van der Waals surface area contributed by atoms with Crippen molar-refractivity contribution in [3.05, 3.63) is 38.4 Å². The maximum atomic E-state index is 12.1. The molecule has 0 saturated carbocycles. The zero-order chi connectivity index (χ0) is 18.4. The summed E-state index contributed by atoms with van der Waals surface area (Å²) in [6.45, 7) is 4.13. The van der Waals surface area contributed by atoms with Crippen molar-refractivity contribution in [3.63, 3.8) is 0 Å². The van der Waals surface area contributed by atoms with Gasteiger partial charge in [-0.2, -0.15) is 11.3 Å². The Bertz CT molecular complexity index is 766. The Morgan fingerprint density at radius 2 is 2.04 bits per heavy atom. The third-order valence-corrected chi connectivity index (χ3v) is 5.43. The summed E-state index contributed by atoms with van der Waals surface area (Å²) in [7, 11) is 0. The van der Waals surface area contributed by atoms with Crippen molar-refractivity contribution in [1.82, 2.24) is 5.32 Å². The van der Waals surface area contributed by atoms with Gasteiger partial charge in [-0.15, -0.1) is 11.3 Å². The van der Waals surface area contributed by atoms with Gasteiger partial charge in [0, 0.05) is 28.8 Å². The maximum Gasteiger partial charge on any atom is 0.339 e. The van der Waals surface area contributed by atoms with Crippen molar-refractivity contribution in [2.45, 2.75) is 33.1 Å². The SMILES string of the molecule is CCc1c(C)sc(NC(=O)CCCNC(=O)c2ccsc2)c1C(=O)O. The van der Waals surface area contributed by atoms with Gasteiger partial charge in [0.15, 0.2) is 0 Å². The summed E-state index contributed by atoms with van der Waals surface area (Å²) in [5.41, 5.74) is 1.56. The third-order valence-electron chi connectivity index (χ3n) is 3.68. The summed E-state index contributed by atoms with van der Waals surface area (Å²) in [5.74, 6) is -1.44. The standard InChI is InChI=1S/C17H20N2O4S2/c1-3-12-10(2)25-16(14(12)17(22)23)19-13(20)5-4-7-18-15(21)11-6-8-24-9-11/h6,8-9H,3-5,7H2,1-2H3,(H,18,21)(H,19,20)(H,22,23). The molecule has 2 aromatic heterocycles. The lowest BCUT2D eigenvalue weighted by atomic mass is 10.1. The number of hydrogen-bond acceptors (Lipinski definition) is 5. The molecule has 8 heteroatoms. The summed E-state index contributed by atoms with van der Waals surface area (Å²) < 4.78 is 0. The summed E-state index contributed by atoms with van der Waals surface area (Å²) in [6, 6.07) is 1.74. The fraction of sp³-hybridized carbons (Fsp3) is 0.353. The molecule has 0 aliphatic heterocycles. The molecule has 3 N–H and O–H groups in total. The van der Waals surface area contributed by atoms with Crippen molar-refractivity contribution in [1.29, 1.82) is 0 Å². The van der Waals surface area contributed by atoms with Crippen molar-refractivity contribution in [3.8, 4) is 0 Å². The van der Waals surface area contributed by atoms with Crippen LogP contribution in [0.2, 0.25) is 0 Å². The summed E-state index contributed by atoms with van der Waals surface area (Å²) in [5, 5.41) is 18.8. The zero-order valence-corrected chi connectivity index (χ0v) is 15.7. The van der Waals surface area contributed by atoms with Gasteiger partial charge in [0.25, 0.3) is 5.91 Å². The van der Waals surface area contributed by atoms with E-state index in [2.05, 4.69) is 10.6 Å². The summed E-state index contributed by atoms with van der Waals surface area (Å²) in [4.78, 5) is 36.2. The fourth-order valence-corrected chi connectivity index (χ4v) is 4.24. The predicted molar refractivity (Wildman–Crippen MR) is 99.9 cm³/mol. The molecule has 2 heterocycles. The molecule has 0 aromatic carbocycles. The van der Waals surface area contributed by atoms with Crippen molar-refractivity contribution in [2.24, 2.45) is 0 Å². The Kier molecular flexibility index (Phi) is 6.72. The van der Waals surface area contributed by atoms with Gasteiger partial charge in [0.1, 0.15) is 5.00 Å². The van der Waals surface area contributed by atoms with Crippen LogP contribution in [-0.4, -0.2) is 29.4 Å². The van der Waals surface area contributed by atoms with E-state index in [9.17, 15) is 19.5 Å². The molecule has 0 saturated heterocycles. The monoisotopic (exact) mass is 380 g/mol. The molecule has 2 rings (SSSR count). The molecule has 0 aliphatic rings. The molecule has 0 fully saturated rings. The highest BCUT2D eigenvalue weighted by atomic mass is 32.1. The first kappa shape index (κ1) is 19.1. The molecule has 0 aliphatic carbocycles. The van der Waals surface area contributed by atoms with Gasteiger partial charge >= 0.3 is 5.97 Å². The number of aromatic carboxylic acids is 1. The molecule has 0 spiro atoms. The Labute approximate surface area is 153 Å². The van der Waals surface area contributed by atoms with E-state index in [4.69, 9.17) is 0 Å². The average Bonchev–Trinajstić information content (AvgIpc) is 3.19. The second-order valence-corrected chi connectivity index (χ2v) is 7.42. The quantitative estimate of drug-likeness (QED) is 0.611. The number of amides is 2. The highest BCUT2D eigenvalue weighted by Gasteiger charge is 2.21. The van der Waals surface area contributed by atoms with Crippen LogP contribution in [0.5, 0.6) is 0 Å². The van der Waals surface area contributed by atoms with Gasteiger partial charge < -0.3 is 15.7 Å². The predicted octanol–water partition coefficient (Wildman–Crippen LogP) is 3.53. The zero-order valence-electron chi connectivity index (χ0n) is 14.0. The van der Waals surface area contributed by atoms with Crippen LogP contribution in [0.25, 0.3) is 0 Å². The maximum absolute atomic E-state index is 12.1. The molecule has 0 unspecified atom stereocenters. The Hall–Kier alpha value is -2.19. The second-order valence-electron chi connectivity index (χ2n) is 5.42. The normalized spacial score (nSPS) is 10.5. The van der Waals surface area contributed by atoms with Crippen LogP contribution in [0.1, 0.15) is 50.9 Å². The first-order chi connectivity index (χ1) is 11.9. The molecule has 2 aromatic rings. The highest BCUT2D eigenvalue weighted by Crippen LogP contribution is 2.33. The first-order valence-corrected chi connectivity index (χ1v) is 9.65. The number of thiophene rings is 2. The first-order valence-electron chi connectivity index (χ1n) is 7.89. The van der Waals surface area contributed by atoms with Crippen LogP contribution in [0.4, 0.5) is 5.00 Å². The van der Waals surface area contributed by atoms with Gasteiger partial charge in [0.05, 0.1) is 5.56 Å². The van der Waals surface area contributed by atoms with Crippen molar-refractivity contribution >= 4 is 45.5 Å². The Morgan fingerprint density at radius 3 is 2.64 bits per heavy atom. The van der Waals surface area contributed by atoms with Gasteiger partial charge in [-0.05, 0) is 36.8 Å². The third kappa shape index (κ3) is 4.90. The van der Waals surface area contributed by atoms with Gasteiger partial charge in [-0.1, -0.05) is 6.92 Å². The molecule has 25 heavy (non-hydrogen) atoms. The van der Waals surface area contributed by atoms with Gasteiger partial charge in [0.2, 0.25) is 5.91 Å². The van der Waals surface area contributed by atoms with Crippen LogP contribution in [0.15, 0.2) is 16.8 Å². The minimum Gasteiger partial charge on any atom is -0.478 e. The van der Waals surface area contributed by atoms with Gasteiger partial charge in [-0.25, -0.2) is 4.79 Å². The lowest BCUT2D eigenvalue weighted by Crippen LogP contribution is -2.25. The number of nitrogens with one attached hydrogen (secondary N) is 2. The molecule has 2 amide bonds. The number of anilines is 1. The molecule has 134 valence electrons. The number of aryl methyl sites for hydroxylation is 1. The summed E-state index contributed by atoms with van der Waals surface area (Å²) in [6.07, 6.45) is 1.30. The number of rotatable bonds is 8. The smallest absolute Gasteiger partial charge is 0.339 e. The Balaban J connectivity index is 1.84. The van der Waals surface area contributed by atoms with Crippen LogP contribution in [0, 0.1) is 6.92 Å². The molecular weight excluding hydrogens is 360 g/mol. The topological polar surface area (TPSA) is 95.5 Å². The van der Waals surface area contributed by atoms with E-state index in [1.54, 1.807) is 11.4 Å². The van der Waals surface area contributed by atoms with Crippen LogP contribution < -0.4 is 10.6 Å². The van der Waals surface area contributed by atoms with E-state index in [0.29, 0.717) is 30.0 Å². The highest BCUT2D eigenvalue weighted by molar-refractivity contribution is 7.16. The minimum atomic E-state index is -1.03. The van der Waals surface area contributed by atoms with Crippen molar-refractivity contribution in [2.75, 3.05) is 11.9 Å². The molecule has 0 bridgehead atoms. The number of hydrogen-bond donors (Lipinski definition) is 3. The average molecular weight is 380 g/mol. The number of carboxylic acid groups (broad SMARTS) is 1. The lowest BCUT2D eigenvalue weighted by molar-refractivity contribution is -0.116. The molecule has 0 radical (unpaired) electrons. The van der Waals surface area contributed by atoms with E-state index < -0.39 is 5.97 Å². The molecule has 6 nitrogen and oxygen atoms in total.